The van der Waals surface area contributed by atoms with Crippen LogP contribution in [0.3, 0.4) is 0 Å². The monoisotopic (exact) mass is 415 g/mol. The zero-order chi connectivity index (χ0) is 20.4. The number of benzene rings is 1. The number of aromatic nitrogens is 1. The Balaban J connectivity index is 1.26. The van der Waals surface area contributed by atoms with Gasteiger partial charge >= 0.3 is 6.03 Å². The number of nitrogens with one attached hydrogen (secondary N) is 3. The van der Waals surface area contributed by atoms with E-state index in [2.05, 4.69) is 20.9 Å². The highest BCUT2D eigenvalue weighted by molar-refractivity contribution is 7.22. The van der Waals surface area contributed by atoms with Crippen LogP contribution in [0.1, 0.15) is 32.6 Å². The number of hydrogen-bond donors (Lipinski definition) is 3. The highest BCUT2D eigenvalue weighted by Crippen LogP contribution is 2.38. The van der Waals surface area contributed by atoms with Crippen molar-refractivity contribution in [2.24, 2.45) is 5.92 Å². The van der Waals surface area contributed by atoms with E-state index >= 15 is 0 Å². The molecule has 1 aliphatic heterocycles. The van der Waals surface area contributed by atoms with Crippen LogP contribution in [0.4, 0.5) is 9.93 Å². The van der Waals surface area contributed by atoms with Gasteiger partial charge in [-0.05, 0) is 30.9 Å². The summed E-state index contributed by atoms with van der Waals surface area (Å²) in [4.78, 5) is 43.0. The average molecular weight is 416 g/mol. The van der Waals surface area contributed by atoms with Crippen molar-refractivity contribution in [3.05, 3.63) is 24.3 Å². The summed E-state index contributed by atoms with van der Waals surface area (Å²) >= 11 is 1.55. The van der Waals surface area contributed by atoms with Crippen LogP contribution in [0.5, 0.6) is 0 Å². The molecule has 1 aromatic heterocycles. The van der Waals surface area contributed by atoms with E-state index in [1.807, 2.05) is 31.2 Å². The summed E-state index contributed by atoms with van der Waals surface area (Å²) < 4.78 is 1.10. The maximum Gasteiger partial charge on any atom is 0.325 e. The number of amides is 4. The number of imide groups is 1. The first-order valence-electron chi connectivity index (χ1n) is 10.00. The Morgan fingerprint density at radius 2 is 2.14 bits per heavy atom. The summed E-state index contributed by atoms with van der Waals surface area (Å²) in [5.74, 6) is -0.531. The van der Waals surface area contributed by atoms with Crippen molar-refractivity contribution in [3.8, 4) is 0 Å². The smallest absolute Gasteiger partial charge is 0.325 e. The van der Waals surface area contributed by atoms with Gasteiger partial charge in [0.05, 0.1) is 10.2 Å². The second-order valence-corrected chi connectivity index (χ2v) is 8.73. The van der Waals surface area contributed by atoms with Crippen LogP contribution in [0.15, 0.2) is 24.3 Å². The predicted octanol–water partition coefficient (Wildman–Crippen LogP) is 2.33. The highest BCUT2D eigenvalue weighted by atomic mass is 32.1. The van der Waals surface area contributed by atoms with Crippen molar-refractivity contribution < 1.29 is 14.4 Å². The van der Waals surface area contributed by atoms with Crippen molar-refractivity contribution in [2.45, 2.75) is 38.1 Å². The summed E-state index contributed by atoms with van der Waals surface area (Å²) in [6.45, 7) is 2.63. The van der Waals surface area contributed by atoms with E-state index in [1.165, 1.54) is 0 Å². The van der Waals surface area contributed by atoms with Crippen molar-refractivity contribution in [1.29, 1.82) is 0 Å². The zero-order valence-electron chi connectivity index (χ0n) is 16.4. The van der Waals surface area contributed by atoms with Gasteiger partial charge in [-0.1, -0.05) is 43.2 Å². The number of carbonyl (C=O) groups is 3. The van der Waals surface area contributed by atoms with Crippen LogP contribution in [0.25, 0.3) is 10.2 Å². The van der Waals surface area contributed by atoms with Gasteiger partial charge in [-0.25, -0.2) is 9.78 Å². The lowest BCUT2D eigenvalue weighted by atomic mass is 9.73. The molecule has 4 rings (SSSR count). The summed E-state index contributed by atoms with van der Waals surface area (Å²) in [5.41, 5.74) is 0.109. The number of fused-ring (bicyclic) bond motifs is 1. The molecule has 0 radical (unpaired) electrons. The molecule has 1 aliphatic carbocycles. The third-order valence-electron chi connectivity index (χ3n) is 5.82. The Bertz CT molecular complexity index is 912. The van der Waals surface area contributed by atoms with Gasteiger partial charge in [0.25, 0.3) is 5.91 Å². The normalized spacial score (nSPS) is 24.2. The largest absolute Gasteiger partial charge is 0.360 e. The molecule has 154 valence electrons. The number of hydrogen-bond acceptors (Lipinski definition) is 6. The fourth-order valence-corrected chi connectivity index (χ4v) is 5.05. The van der Waals surface area contributed by atoms with Gasteiger partial charge in [0.2, 0.25) is 5.91 Å². The van der Waals surface area contributed by atoms with Crippen LogP contribution in [-0.2, 0) is 9.59 Å². The number of rotatable bonds is 6. The van der Waals surface area contributed by atoms with E-state index in [9.17, 15) is 14.4 Å². The molecule has 8 nitrogen and oxygen atoms in total. The molecule has 2 atom stereocenters. The van der Waals surface area contributed by atoms with Gasteiger partial charge in [0.15, 0.2) is 5.13 Å². The van der Waals surface area contributed by atoms with Gasteiger partial charge in [-0.3, -0.25) is 14.5 Å². The first kappa shape index (κ1) is 19.6. The van der Waals surface area contributed by atoms with E-state index in [-0.39, 0.29) is 24.3 Å². The molecule has 1 spiro atoms. The van der Waals surface area contributed by atoms with Gasteiger partial charge in [0, 0.05) is 13.1 Å². The molecular weight excluding hydrogens is 390 g/mol. The number of nitrogens with zero attached hydrogens (tertiary/aromatic N) is 2. The predicted molar refractivity (Wildman–Crippen MR) is 112 cm³/mol. The molecule has 1 saturated carbocycles. The fourth-order valence-electron chi connectivity index (χ4n) is 4.16. The van der Waals surface area contributed by atoms with Crippen LogP contribution >= 0.6 is 11.3 Å². The second kappa shape index (κ2) is 7.98. The molecule has 4 amide bonds. The second-order valence-electron chi connectivity index (χ2n) is 7.70. The number of para-hydroxylation sites is 1. The minimum Gasteiger partial charge on any atom is -0.360 e. The van der Waals surface area contributed by atoms with Crippen molar-refractivity contribution in [2.75, 3.05) is 25.0 Å². The molecular formula is C20H25N5O3S. The van der Waals surface area contributed by atoms with Crippen LogP contribution in [0, 0.1) is 5.92 Å². The Morgan fingerprint density at radius 1 is 1.31 bits per heavy atom. The van der Waals surface area contributed by atoms with Crippen LogP contribution in [-0.4, -0.2) is 52.9 Å². The first-order chi connectivity index (χ1) is 14.0. The number of thiazole rings is 1. The van der Waals surface area contributed by atoms with E-state index in [4.69, 9.17) is 0 Å². The zero-order valence-corrected chi connectivity index (χ0v) is 17.2. The summed E-state index contributed by atoms with van der Waals surface area (Å²) in [6, 6.07) is 7.42. The van der Waals surface area contributed by atoms with E-state index in [0.717, 1.165) is 39.5 Å². The molecule has 1 saturated heterocycles. The van der Waals surface area contributed by atoms with Crippen molar-refractivity contribution in [3.63, 3.8) is 0 Å². The lowest BCUT2D eigenvalue weighted by molar-refractivity contribution is -0.137. The summed E-state index contributed by atoms with van der Waals surface area (Å²) in [7, 11) is 0. The molecule has 2 aliphatic rings. The number of anilines is 1. The van der Waals surface area contributed by atoms with E-state index in [0.29, 0.717) is 19.5 Å². The van der Waals surface area contributed by atoms with Crippen molar-refractivity contribution >= 4 is 44.5 Å². The number of carbonyl (C=O) groups excluding carboxylic acids is 3. The maximum absolute atomic E-state index is 12.9. The molecule has 2 heterocycles. The minimum atomic E-state index is -0.829. The molecule has 9 heteroatoms. The Labute approximate surface area is 173 Å². The Hall–Kier alpha value is -2.68. The molecule has 1 aromatic carbocycles. The summed E-state index contributed by atoms with van der Waals surface area (Å²) in [5, 5.41) is 9.60. The quantitative estimate of drug-likeness (QED) is 0.496. The highest BCUT2D eigenvalue weighted by Gasteiger charge is 2.55. The van der Waals surface area contributed by atoms with E-state index < -0.39 is 11.6 Å². The topological polar surface area (TPSA) is 103 Å². The lowest BCUT2D eigenvalue weighted by Crippen LogP contribution is -2.54. The molecule has 0 bridgehead atoms. The summed E-state index contributed by atoms with van der Waals surface area (Å²) in [6.07, 6.45) is 3.52. The molecule has 29 heavy (non-hydrogen) atoms. The van der Waals surface area contributed by atoms with E-state index in [1.54, 1.807) is 11.3 Å². The molecule has 2 aromatic rings. The molecule has 2 unspecified atom stereocenters. The standard InChI is InChI=1S/C20H25N5O3S/c1-13-6-4-5-9-20(13)17(27)25(19(28)24-20)12-16(26)21-10-11-22-18-23-14-7-2-3-8-15(14)29-18/h2-3,7-8,13H,4-6,9-12H2,1H3,(H,21,26)(H,22,23)(H,24,28). The molecule has 2 fully saturated rings. The fraction of sp³-hybridized carbons (Fsp3) is 0.500. The Morgan fingerprint density at radius 3 is 2.93 bits per heavy atom. The van der Waals surface area contributed by atoms with Gasteiger partial charge in [0.1, 0.15) is 12.1 Å². The van der Waals surface area contributed by atoms with Gasteiger partial charge in [-0.2, -0.15) is 0 Å². The minimum absolute atomic E-state index is 0.0822. The van der Waals surface area contributed by atoms with Crippen LogP contribution in [0.2, 0.25) is 0 Å². The Kier molecular flexibility index (Phi) is 5.40. The first-order valence-corrected chi connectivity index (χ1v) is 10.8. The van der Waals surface area contributed by atoms with Gasteiger partial charge < -0.3 is 16.0 Å². The van der Waals surface area contributed by atoms with Gasteiger partial charge in [-0.15, -0.1) is 0 Å². The molecule has 3 N–H and O–H groups in total. The van der Waals surface area contributed by atoms with Crippen molar-refractivity contribution in [1.82, 2.24) is 20.5 Å². The SMILES string of the molecule is CC1CCCCC12NC(=O)N(CC(=O)NCCNc1nc3ccccc3s1)C2=O. The third-order valence-corrected chi connectivity index (χ3v) is 6.81. The van der Waals surface area contributed by atoms with Crippen LogP contribution < -0.4 is 16.0 Å². The number of urea groups is 1. The third kappa shape index (κ3) is 3.78. The maximum atomic E-state index is 12.9. The average Bonchev–Trinajstić information content (AvgIpc) is 3.22. The lowest BCUT2D eigenvalue weighted by Gasteiger charge is -2.36.